The minimum Gasteiger partial charge on any atom is -0.389 e. The highest BCUT2D eigenvalue weighted by atomic mass is 35.5. The fraction of sp³-hybridized carbons (Fsp3) is 0.350. The number of rotatable bonds is 5. The van der Waals surface area contributed by atoms with Crippen LogP contribution in [0.3, 0.4) is 0 Å². The molecule has 2 aromatic rings. The van der Waals surface area contributed by atoms with Crippen LogP contribution in [0, 0.1) is 11.6 Å². The summed E-state index contributed by atoms with van der Waals surface area (Å²) in [6.45, 7) is 3.78. The lowest BCUT2D eigenvalue weighted by atomic mass is 9.86. The average Bonchev–Trinajstić information content (AvgIpc) is 2.76. The molecule has 1 aliphatic rings. The molecule has 0 fully saturated rings. The molecule has 0 bridgehead atoms. The summed E-state index contributed by atoms with van der Waals surface area (Å²) < 4.78 is 27.7. The Hall–Kier alpha value is -2.02. The van der Waals surface area contributed by atoms with Crippen LogP contribution in [0.2, 0.25) is 0 Å². The molecule has 1 aliphatic heterocycles. The Bertz CT molecular complexity index is 824. The summed E-state index contributed by atoms with van der Waals surface area (Å²) in [4.78, 5) is 14.6. The molecule has 0 unspecified atom stereocenters. The number of nitrogens with one attached hydrogen (secondary N) is 1. The van der Waals surface area contributed by atoms with Crippen molar-refractivity contribution < 1.29 is 18.7 Å². The third-order valence-corrected chi connectivity index (χ3v) is 4.87. The number of fused-ring (bicyclic) bond motifs is 1. The number of nitrogens with zero attached hydrogens (tertiary/aromatic N) is 1. The number of aliphatic hydroxyl groups is 1. The first-order chi connectivity index (χ1) is 12.3. The Morgan fingerprint density at radius 1 is 1.15 bits per heavy atom. The average molecular weight is 397 g/mol. The van der Waals surface area contributed by atoms with E-state index in [4.69, 9.17) is 0 Å². The van der Waals surface area contributed by atoms with Crippen LogP contribution in [0.1, 0.15) is 31.0 Å². The van der Waals surface area contributed by atoms with Gasteiger partial charge in [-0.25, -0.2) is 8.78 Å². The van der Waals surface area contributed by atoms with Gasteiger partial charge in [0.2, 0.25) is 5.91 Å². The lowest BCUT2D eigenvalue weighted by Gasteiger charge is -2.34. The van der Waals surface area contributed by atoms with Gasteiger partial charge in [-0.15, -0.1) is 12.4 Å². The van der Waals surface area contributed by atoms with Crippen LogP contribution in [-0.2, 0) is 10.2 Å². The van der Waals surface area contributed by atoms with E-state index >= 15 is 0 Å². The van der Waals surface area contributed by atoms with Gasteiger partial charge >= 0.3 is 0 Å². The van der Waals surface area contributed by atoms with Crippen LogP contribution >= 0.6 is 12.4 Å². The van der Waals surface area contributed by atoms with Crippen molar-refractivity contribution in [1.29, 1.82) is 0 Å². The van der Waals surface area contributed by atoms with E-state index in [2.05, 4.69) is 5.32 Å². The van der Waals surface area contributed by atoms with Gasteiger partial charge < -0.3 is 15.3 Å². The monoisotopic (exact) mass is 396 g/mol. The van der Waals surface area contributed by atoms with E-state index < -0.39 is 29.2 Å². The van der Waals surface area contributed by atoms with Crippen molar-refractivity contribution in [2.75, 3.05) is 18.5 Å². The van der Waals surface area contributed by atoms with Crippen LogP contribution in [0.5, 0.6) is 0 Å². The standard InChI is InChI=1S/C20H22F2N2O2.ClH/c1-20(2)15-6-4-5-7-16(15)24(19(20)26)18(17(25)11-23-3)12-8-13(21)10-14(22)9-12;/h4-10,17-18,23,25H,11H2,1-3H3;1H/t17-,18-;/m0./s1. The number of amides is 1. The van der Waals surface area contributed by atoms with Crippen molar-refractivity contribution in [1.82, 2.24) is 5.32 Å². The second kappa shape index (κ2) is 7.92. The first kappa shape index (κ1) is 21.3. The van der Waals surface area contributed by atoms with E-state index in [0.29, 0.717) is 5.69 Å². The molecular formula is C20H23ClF2N2O2. The summed E-state index contributed by atoms with van der Waals surface area (Å²) in [7, 11) is 1.66. The highest BCUT2D eigenvalue weighted by Crippen LogP contribution is 2.46. The molecule has 2 atom stereocenters. The number of benzene rings is 2. The van der Waals surface area contributed by atoms with E-state index in [1.165, 1.54) is 4.90 Å². The highest BCUT2D eigenvalue weighted by molar-refractivity contribution is 6.08. The molecule has 0 radical (unpaired) electrons. The van der Waals surface area contributed by atoms with Crippen molar-refractivity contribution >= 4 is 24.0 Å². The van der Waals surface area contributed by atoms with Crippen molar-refractivity contribution in [2.45, 2.75) is 31.4 Å². The zero-order chi connectivity index (χ0) is 19.1. The third kappa shape index (κ3) is 3.70. The number of anilines is 1. The number of para-hydroxylation sites is 1. The van der Waals surface area contributed by atoms with E-state index in [0.717, 1.165) is 23.8 Å². The summed E-state index contributed by atoms with van der Waals surface area (Å²) in [5.74, 6) is -1.72. The van der Waals surface area contributed by atoms with Gasteiger partial charge in [-0.3, -0.25) is 4.79 Å². The molecule has 1 amide bonds. The summed E-state index contributed by atoms with van der Waals surface area (Å²) >= 11 is 0. The summed E-state index contributed by atoms with van der Waals surface area (Å²) in [5.41, 5.74) is 0.891. The van der Waals surface area contributed by atoms with E-state index in [1.54, 1.807) is 19.2 Å². The van der Waals surface area contributed by atoms with Gasteiger partial charge in [0.05, 0.1) is 17.6 Å². The molecule has 1 heterocycles. The normalized spacial score (nSPS) is 17.3. The zero-order valence-corrected chi connectivity index (χ0v) is 16.2. The molecule has 3 rings (SSSR count). The Balaban J connectivity index is 0.00000261. The maximum atomic E-state index is 13.8. The van der Waals surface area contributed by atoms with Crippen LogP contribution in [0.4, 0.5) is 14.5 Å². The Morgan fingerprint density at radius 2 is 1.74 bits per heavy atom. The van der Waals surface area contributed by atoms with Gasteiger partial charge in [0.1, 0.15) is 11.6 Å². The SMILES string of the molecule is CNC[C@H](O)[C@H](c1cc(F)cc(F)c1)N1C(=O)C(C)(C)c2ccccc21.Cl. The molecule has 0 saturated heterocycles. The summed E-state index contributed by atoms with van der Waals surface area (Å²) in [6, 6.07) is 9.48. The van der Waals surface area contributed by atoms with E-state index in [1.807, 2.05) is 26.0 Å². The molecule has 0 aliphatic carbocycles. The van der Waals surface area contributed by atoms with Gasteiger partial charge in [-0.05, 0) is 50.2 Å². The molecule has 2 N–H and O–H groups in total. The maximum Gasteiger partial charge on any atom is 0.237 e. The zero-order valence-electron chi connectivity index (χ0n) is 15.4. The number of hydrogen-bond donors (Lipinski definition) is 2. The Morgan fingerprint density at radius 3 is 2.33 bits per heavy atom. The van der Waals surface area contributed by atoms with Crippen LogP contribution in [0.25, 0.3) is 0 Å². The molecule has 146 valence electrons. The smallest absolute Gasteiger partial charge is 0.237 e. The topological polar surface area (TPSA) is 52.6 Å². The van der Waals surface area contributed by atoms with Crippen LogP contribution < -0.4 is 10.2 Å². The number of aliphatic hydroxyl groups excluding tert-OH is 1. The number of carbonyl (C=O) groups is 1. The molecule has 4 nitrogen and oxygen atoms in total. The van der Waals surface area contributed by atoms with Gasteiger partial charge in [-0.1, -0.05) is 18.2 Å². The van der Waals surface area contributed by atoms with Crippen LogP contribution in [-0.4, -0.2) is 30.7 Å². The molecule has 0 aromatic heterocycles. The van der Waals surface area contributed by atoms with Gasteiger partial charge in [0.25, 0.3) is 0 Å². The number of hydrogen-bond acceptors (Lipinski definition) is 3. The molecular weight excluding hydrogens is 374 g/mol. The second-order valence-electron chi connectivity index (χ2n) is 7.09. The number of carbonyl (C=O) groups excluding carboxylic acids is 1. The summed E-state index contributed by atoms with van der Waals surface area (Å²) in [6.07, 6.45) is -1.05. The van der Waals surface area contributed by atoms with Crippen molar-refractivity contribution in [3.63, 3.8) is 0 Å². The van der Waals surface area contributed by atoms with E-state index in [9.17, 15) is 18.7 Å². The van der Waals surface area contributed by atoms with Gasteiger partial charge in [0.15, 0.2) is 0 Å². The fourth-order valence-electron chi connectivity index (χ4n) is 3.62. The minimum atomic E-state index is -1.05. The van der Waals surface area contributed by atoms with Gasteiger partial charge in [-0.2, -0.15) is 0 Å². The molecule has 0 spiro atoms. The minimum absolute atomic E-state index is 0. The predicted molar refractivity (Wildman–Crippen MR) is 103 cm³/mol. The van der Waals surface area contributed by atoms with Crippen molar-refractivity contribution in [3.8, 4) is 0 Å². The van der Waals surface area contributed by atoms with Crippen molar-refractivity contribution in [2.24, 2.45) is 0 Å². The largest absolute Gasteiger partial charge is 0.389 e. The lowest BCUT2D eigenvalue weighted by Crippen LogP contribution is -2.45. The van der Waals surface area contributed by atoms with Crippen LogP contribution in [0.15, 0.2) is 42.5 Å². The Kier molecular flexibility index (Phi) is 6.24. The summed E-state index contributed by atoms with van der Waals surface area (Å²) in [5, 5.41) is 13.6. The fourth-order valence-corrected chi connectivity index (χ4v) is 3.62. The Labute approximate surface area is 163 Å². The maximum absolute atomic E-state index is 13.8. The molecule has 27 heavy (non-hydrogen) atoms. The molecule has 0 saturated carbocycles. The molecule has 2 aromatic carbocycles. The van der Waals surface area contributed by atoms with Crippen molar-refractivity contribution in [3.05, 3.63) is 65.2 Å². The highest BCUT2D eigenvalue weighted by Gasteiger charge is 2.48. The first-order valence-electron chi connectivity index (χ1n) is 8.49. The van der Waals surface area contributed by atoms with E-state index in [-0.39, 0.29) is 30.4 Å². The molecule has 7 heteroatoms. The second-order valence-corrected chi connectivity index (χ2v) is 7.09. The third-order valence-electron chi connectivity index (χ3n) is 4.87. The quantitative estimate of drug-likeness (QED) is 0.815. The number of likely N-dealkylation sites (N-methyl/N-ethyl adjacent to an activating group) is 1. The predicted octanol–water partition coefficient (Wildman–Crippen LogP) is 3.33. The first-order valence-corrected chi connectivity index (χ1v) is 8.49. The number of halogens is 3. The lowest BCUT2D eigenvalue weighted by molar-refractivity contribution is -0.123. The van der Waals surface area contributed by atoms with Gasteiger partial charge in [0, 0.05) is 18.3 Å².